The SMILES string of the molecule is Cc1[nH]nc(S(=O)(=O)N2CCN(C3CC3)CC2)c1CCl. The normalized spacial score (nSPS) is 22.3. The van der Waals surface area contributed by atoms with Gasteiger partial charge in [-0.05, 0) is 19.8 Å². The van der Waals surface area contributed by atoms with Crippen molar-refractivity contribution in [3.8, 4) is 0 Å². The summed E-state index contributed by atoms with van der Waals surface area (Å²) < 4.78 is 26.8. The average molecular weight is 319 g/mol. The summed E-state index contributed by atoms with van der Waals surface area (Å²) in [6, 6.07) is 0.686. The lowest BCUT2D eigenvalue weighted by Crippen LogP contribution is -2.49. The molecule has 0 radical (unpaired) electrons. The molecule has 0 unspecified atom stereocenters. The topological polar surface area (TPSA) is 69.3 Å². The van der Waals surface area contributed by atoms with E-state index in [1.807, 2.05) is 0 Å². The molecule has 1 aliphatic heterocycles. The third kappa shape index (κ3) is 2.47. The van der Waals surface area contributed by atoms with Gasteiger partial charge in [-0.1, -0.05) is 0 Å². The van der Waals surface area contributed by atoms with Crippen molar-refractivity contribution in [2.24, 2.45) is 0 Å². The van der Waals surface area contributed by atoms with Gasteiger partial charge < -0.3 is 0 Å². The van der Waals surface area contributed by atoms with Gasteiger partial charge in [0.25, 0.3) is 10.0 Å². The van der Waals surface area contributed by atoms with E-state index in [0.29, 0.717) is 24.7 Å². The predicted octanol–water partition coefficient (Wildman–Crippen LogP) is 0.926. The molecule has 112 valence electrons. The molecule has 1 saturated heterocycles. The summed E-state index contributed by atoms with van der Waals surface area (Å²) in [5, 5.41) is 6.75. The number of H-pyrrole nitrogens is 1. The van der Waals surface area contributed by atoms with E-state index in [2.05, 4.69) is 15.1 Å². The lowest BCUT2D eigenvalue weighted by atomic mass is 10.3. The van der Waals surface area contributed by atoms with Crippen molar-refractivity contribution < 1.29 is 8.42 Å². The van der Waals surface area contributed by atoms with E-state index in [4.69, 9.17) is 11.6 Å². The number of nitrogens with zero attached hydrogens (tertiary/aromatic N) is 3. The Kier molecular flexibility index (Phi) is 3.79. The molecule has 20 heavy (non-hydrogen) atoms. The second-order valence-corrected chi connectivity index (χ2v) is 7.56. The highest BCUT2D eigenvalue weighted by atomic mass is 35.5. The van der Waals surface area contributed by atoms with E-state index < -0.39 is 10.0 Å². The number of halogens is 1. The second-order valence-electron chi connectivity index (χ2n) is 5.44. The maximum absolute atomic E-state index is 12.6. The minimum Gasteiger partial charge on any atom is -0.298 e. The number of rotatable bonds is 4. The Morgan fingerprint density at radius 3 is 2.50 bits per heavy atom. The summed E-state index contributed by atoms with van der Waals surface area (Å²) in [5.74, 6) is 0.152. The van der Waals surface area contributed by atoms with E-state index >= 15 is 0 Å². The van der Waals surface area contributed by atoms with Gasteiger partial charge in [0, 0.05) is 43.5 Å². The number of hydrogen-bond acceptors (Lipinski definition) is 4. The van der Waals surface area contributed by atoms with Crippen LogP contribution in [0.3, 0.4) is 0 Å². The first kappa shape index (κ1) is 14.3. The molecular weight excluding hydrogens is 300 g/mol. The molecule has 2 aliphatic rings. The Bertz CT molecular complexity index is 589. The fourth-order valence-electron chi connectivity index (χ4n) is 2.67. The summed E-state index contributed by atoms with van der Waals surface area (Å²) in [6.07, 6.45) is 2.50. The van der Waals surface area contributed by atoms with E-state index in [0.717, 1.165) is 18.8 Å². The van der Waals surface area contributed by atoms with Crippen LogP contribution in [0.15, 0.2) is 5.03 Å². The van der Waals surface area contributed by atoms with Crippen molar-refractivity contribution in [1.29, 1.82) is 0 Å². The molecule has 0 atom stereocenters. The minimum absolute atomic E-state index is 0.0878. The van der Waals surface area contributed by atoms with E-state index in [-0.39, 0.29) is 10.9 Å². The third-order valence-electron chi connectivity index (χ3n) is 4.09. The smallest absolute Gasteiger partial charge is 0.262 e. The second kappa shape index (κ2) is 5.29. The van der Waals surface area contributed by atoms with Crippen LogP contribution >= 0.6 is 11.6 Å². The molecule has 1 saturated carbocycles. The Morgan fingerprint density at radius 2 is 1.95 bits per heavy atom. The van der Waals surface area contributed by atoms with E-state index in [1.165, 1.54) is 17.1 Å². The van der Waals surface area contributed by atoms with Gasteiger partial charge in [-0.2, -0.15) is 9.40 Å². The van der Waals surface area contributed by atoms with Crippen LogP contribution < -0.4 is 0 Å². The van der Waals surface area contributed by atoms with E-state index in [1.54, 1.807) is 6.92 Å². The van der Waals surface area contributed by atoms with Gasteiger partial charge in [-0.3, -0.25) is 10.00 Å². The number of aromatic nitrogens is 2. The molecule has 0 bridgehead atoms. The highest BCUT2D eigenvalue weighted by Gasteiger charge is 2.36. The monoisotopic (exact) mass is 318 g/mol. The molecule has 1 N–H and O–H groups in total. The fourth-order valence-corrected chi connectivity index (χ4v) is 4.66. The molecular formula is C12H19ClN4O2S. The number of hydrogen-bond donors (Lipinski definition) is 1. The maximum atomic E-state index is 12.6. The molecule has 2 heterocycles. The highest BCUT2D eigenvalue weighted by Crippen LogP contribution is 2.29. The summed E-state index contributed by atoms with van der Waals surface area (Å²) in [4.78, 5) is 2.38. The molecule has 1 aliphatic carbocycles. The lowest BCUT2D eigenvalue weighted by molar-refractivity contribution is 0.180. The lowest BCUT2D eigenvalue weighted by Gasteiger charge is -2.33. The van der Waals surface area contributed by atoms with Crippen molar-refractivity contribution in [2.75, 3.05) is 26.2 Å². The molecule has 0 amide bonds. The number of alkyl halides is 1. The van der Waals surface area contributed by atoms with E-state index in [9.17, 15) is 8.42 Å². The predicted molar refractivity (Wildman–Crippen MR) is 76.2 cm³/mol. The first-order valence-electron chi connectivity index (χ1n) is 6.88. The first-order chi connectivity index (χ1) is 9.54. The van der Waals surface area contributed by atoms with Gasteiger partial charge in [0.2, 0.25) is 0 Å². The molecule has 1 aromatic heterocycles. The van der Waals surface area contributed by atoms with Crippen LogP contribution in [0.1, 0.15) is 24.1 Å². The Labute approximate surface area is 124 Å². The molecule has 0 aromatic carbocycles. The van der Waals surface area contributed by atoms with Crippen molar-refractivity contribution in [3.05, 3.63) is 11.3 Å². The van der Waals surface area contributed by atoms with Crippen LogP contribution in [-0.4, -0.2) is 60.0 Å². The van der Waals surface area contributed by atoms with Gasteiger partial charge >= 0.3 is 0 Å². The van der Waals surface area contributed by atoms with Gasteiger partial charge in [-0.15, -0.1) is 11.6 Å². The Morgan fingerprint density at radius 1 is 1.30 bits per heavy atom. The van der Waals surface area contributed by atoms with Crippen LogP contribution in [-0.2, 0) is 15.9 Å². The largest absolute Gasteiger partial charge is 0.298 e. The average Bonchev–Trinajstić information content (AvgIpc) is 3.22. The highest BCUT2D eigenvalue weighted by molar-refractivity contribution is 7.89. The van der Waals surface area contributed by atoms with Gasteiger partial charge in [0.05, 0.1) is 5.88 Å². The zero-order valence-corrected chi connectivity index (χ0v) is 13.0. The standard InChI is InChI=1S/C12H19ClN4O2S/c1-9-11(8-13)12(15-14-9)20(18,19)17-6-4-16(5-7-17)10-2-3-10/h10H,2-8H2,1H3,(H,14,15). The zero-order valence-electron chi connectivity index (χ0n) is 11.5. The van der Waals surface area contributed by atoms with Gasteiger partial charge in [-0.25, -0.2) is 8.42 Å². The number of piperazine rings is 1. The molecule has 0 spiro atoms. The van der Waals surface area contributed by atoms with Crippen LogP contribution in [0.4, 0.5) is 0 Å². The molecule has 1 aromatic rings. The fraction of sp³-hybridized carbons (Fsp3) is 0.750. The zero-order chi connectivity index (χ0) is 14.3. The molecule has 6 nitrogen and oxygen atoms in total. The molecule has 2 fully saturated rings. The number of sulfonamides is 1. The van der Waals surface area contributed by atoms with Crippen LogP contribution in [0.25, 0.3) is 0 Å². The van der Waals surface area contributed by atoms with Crippen molar-refractivity contribution in [1.82, 2.24) is 19.4 Å². The first-order valence-corrected chi connectivity index (χ1v) is 8.85. The minimum atomic E-state index is -3.53. The van der Waals surface area contributed by atoms with Gasteiger partial charge in [0.1, 0.15) is 0 Å². The Hall–Kier alpha value is -0.630. The number of aryl methyl sites for hydroxylation is 1. The summed E-state index contributed by atoms with van der Waals surface area (Å²) >= 11 is 5.85. The third-order valence-corrected chi connectivity index (χ3v) is 6.23. The maximum Gasteiger partial charge on any atom is 0.262 e. The molecule has 8 heteroatoms. The van der Waals surface area contributed by atoms with Crippen LogP contribution in [0.2, 0.25) is 0 Å². The Balaban J connectivity index is 1.78. The van der Waals surface area contributed by atoms with Crippen molar-refractivity contribution >= 4 is 21.6 Å². The van der Waals surface area contributed by atoms with Crippen molar-refractivity contribution in [2.45, 2.75) is 36.7 Å². The summed E-state index contributed by atoms with van der Waals surface area (Å²) in [5.41, 5.74) is 1.30. The summed E-state index contributed by atoms with van der Waals surface area (Å²) in [6.45, 7) is 4.47. The van der Waals surface area contributed by atoms with Crippen molar-refractivity contribution in [3.63, 3.8) is 0 Å². The van der Waals surface area contributed by atoms with Crippen LogP contribution in [0, 0.1) is 6.92 Å². The number of nitrogens with one attached hydrogen (secondary N) is 1. The van der Waals surface area contributed by atoms with Gasteiger partial charge in [0.15, 0.2) is 5.03 Å². The molecule has 3 rings (SSSR count). The quantitative estimate of drug-likeness (QED) is 0.838. The van der Waals surface area contributed by atoms with Crippen LogP contribution in [0.5, 0.6) is 0 Å². The summed E-state index contributed by atoms with van der Waals surface area (Å²) in [7, 11) is -3.53. The number of aromatic amines is 1.